The molecule has 0 aromatic carbocycles. The van der Waals surface area contributed by atoms with E-state index in [0.717, 1.165) is 10.6 Å². The molecule has 0 spiro atoms. The number of nitrogens with one attached hydrogen (secondary N) is 1. The summed E-state index contributed by atoms with van der Waals surface area (Å²) in [5.74, 6) is -1.04. The lowest BCUT2D eigenvalue weighted by Gasteiger charge is -2.21. The Morgan fingerprint density at radius 3 is 2.61 bits per heavy atom. The third-order valence-electron chi connectivity index (χ3n) is 3.14. The smallest absolute Gasteiger partial charge is 0.330 e. The molecule has 1 N–H and O–H groups in total. The van der Waals surface area contributed by atoms with Gasteiger partial charge in [0.05, 0.1) is 4.83 Å². The van der Waals surface area contributed by atoms with Crippen LogP contribution >= 0.6 is 15.9 Å². The van der Waals surface area contributed by atoms with Gasteiger partial charge in [-0.05, 0) is 0 Å². The Hall–Kier alpha value is -1.94. The van der Waals surface area contributed by atoms with Gasteiger partial charge in [0.2, 0.25) is 0 Å². The van der Waals surface area contributed by atoms with Gasteiger partial charge in [-0.25, -0.2) is 4.79 Å². The van der Waals surface area contributed by atoms with Crippen molar-refractivity contribution >= 4 is 27.9 Å². The Bertz CT molecular complexity index is 713. The molecule has 0 bridgehead atoms. The van der Waals surface area contributed by atoms with Gasteiger partial charge >= 0.3 is 17.6 Å². The zero-order valence-corrected chi connectivity index (χ0v) is 13.9. The van der Waals surface area contributed by atoms with Crippen LogP contribution in [0.15, 0.2) is 21.9 Å². The van der Waals surface area contributed by atoms with E-state index >= 15 is 0 Å². The average Bonchev–Trinajstić information content (AvgIpc) is 2.73. The number of rotatable bonds is 4. The molecule has 4 unspecified atom stereocenters. The maximum atomic E-state index is 11.9. The lowest BCUT2D eigenvalue weighted by atomic mass is 10.2. The first-order valence-corrected chi connectivity index (χ1v) is 7.62. The fraction of sp³-hybridized carbons (Fsp3) is 0.538. The van der Waals surface area contributed by atoms with E-state index in [2.05, 4.69) is 20.9 Å². The number of H-pyrrole nitrogens is 1. The summed E-state index contributed by atoms with van der Waals surface area (Å²) in [6, 6.07) is 1.15. The third-order valence-corrected chi connectivity index (χ3v) is 4.25. The number of alkyl halides is 1. The summed E-state index contributed by atoms with van der Waals surface area (Å²) in [6.45, 7) is 2.41. The number of aromatic amines is 1. The van der Waals surface area contributed by atoms with E-state index in [-0.39, 0.29) is 6.61 Å². The van der Waals surface area contributed by atoms with Gasteiger partial charge in [-0.1, -0.05) is 15.9 Å². The number of ether oxygens (including phenoxy) is 3. The summed E-state index contributed by atoms with van der Waals surface area (Å²) < 4.78 is 16.9. The minimum absolute atomic E-state index is 0.0718. The second-order valence-corrected chi connectivity index (χ2v) is 5.96. The summed E-state index contributed by atoms with van der Waals surface area (Å²) in [5.41, 5.74) is -1.26. The van der Waals surface area contributed by atoms with Gasteiger partial charge in [0.25, 0.3) is 5.56 Å². The number of nitrogens with zero attached hydrogens (tertiary/aromatic N) is 1. The standard InChI is InChI=1S/C13H15BrN2O7/c1-6(17)21-5-8-10(14)11(22-7(2)18)12(23-8)16-4-3-9(19)15-13(16)20/h3-4,8,10-12H,5H2,1-2H3,(H,15,19,20). The van der Waals surface area contributed by atoms with E-state index in [0.29, 0.717) is 0 Å². The molecule has 4 atom stereocenters. The van der Waals surface area contributed by atoms with Gasteiger partial charge in [-0.15, -0.1) is 0 Å². The Morgan fingerprint density at radius 2 is 2.04 bits per heavy atom. The molecule has 0 saturated carbocycles. The highest BCUT2D eigenvalue weighted by Crippen LogP contribution is 2.35. The molecule has 2 rings (SSSR count). The molecule has 2 heterocycles. The number of carbonyl (C=O) groups excluding carboxylic acids is 2. The van der Waals surface area contributed by atoms with E-state index in [1.165, 1.54) is 20.0 Å². The van der Waals surface area contributed by atoms with Crippen molar-refractivity contribution in [2.24, 2.45) is 0 Å². The first-order valence-electron chi connectivity index (χ1n) is 6.71. The van der Waals surface area contributed by atoms with Crippen molar-refractivity contribution in [1.29, 1.82) is 0 Å². The summed E-state index contributed by atoms with van der Waals surface area (Å²) in [6.07, 6.45) is -1.19. The van der Waals surface area contributed by atoms with E-state index < -0.39 is 46.5 Å². The molecule has 1 aliphatic heterocycles. The molecule has 0 radical (unpaired) electrons. The monoisotopic (exact) mass is 390 g/mol. The van der Waals surface area contributed by atoms with Crippen LogP contribution in [0.25, 0.3) is 0 Å². The fourth-order valence-corrected chi connectivity index (χ4v) is 2.84. The van der Waals surface area contributed by atoms with Gasteiger partial charge in [0.1, 0.15) is 12.7 Å². The van der Waals surface area contributed by atoms with E-state index in [1.807, 2.05) is 0 Å². The third kappa shape index (κ3) is 4.08. The highest BCUT2D eigenvalue weighted by atomic mass is 79.9. The number of esters is 2. The SMILES string of the molecule is CC(=O)OCC1OC(n2ccc(=O)[nH]c2=O)C(OC(C)=O)C1Br. The Morgan fingerprint density at radius 1 is 1.35 bits per heavy atom. The van der Waals surface area contributed by atoms with Crippen LogP contribution in [0.5, 0.6) is 0 Å². The lowest BCUT2D eigenvalue weighted by molar-refractivity contribution is -0.153. The van der Waals surface area contributed by atoms with Crippen LogP contribution in [-0.2, 0) is 23.8 Å². The van der Waals surface area contributed by atoms with Gasteiger partial charge in [-0.3, -0.25) is 23.9 Å². The molecule has 1 fully saturated rings. The van der Waals surface area contributed by atoms with Crippen molar-refractivity contribution in [2.45, 2.75) is 37.1 Å². The number of halogens is 1. The molecule has 0 aliphatic carbocycles. The van der Waals surface area contributed by atoms with Crippen molar-refractivity contribution in [3.8, 4) is 0 Å². The van der Waals surface area contributed by atoms with Gasteiger partial charge in [0, 0.05) is 26.1 Å². The maximum Gasteiger partial charge on any atom is 0.330 e. The highest BCUT2D eigenvalue weighted by molar-refractivity contribution is 9.09. The second kappa shape index (κ2) is 7.09. The molecule has 126 valence electrons. The van der Waals surface area contributed by atoms with Crippen LogP contribution in [0.1, 0.15) is 20.1 Å². The fourth-order valence-electron chi connectivity index (χ4n) is 2.20. The van der Waals surface area contributed by atoms with Crippen molar-refractivity contribution in [3.63, 3.8) is 0 Å². The minimum Gasteiger partial charge on any atom is -0.463 e. The first kappa shape index (κ1) is 17.4. The van der Waals surface area contributed by atoms with Crippen molar-refractivity contribution in [2.75, 3.05) is 6.61 Å². The van der Waals surface area contributed by atoms with Crippen LogP contribution in [-0.4, -0.2) is 45.1 Å². The summed E-state index contributed by atoms with van der Waals surface area (Å²) >= 11 is 3.35. The topological polar surface area (TPSA) is 117 Å². The van der Waals surface area contributed by atoms with E-state index in [9.17, 15) is 19.2 Å². The van der Waals surface area contributed by atoms with Crippen molar-refractivity contribution in [3.05, 3.63) is 33.1 Å². The molecule has 1 saturated heterocycles. The highest BCUT2D eigenvalue weighted by Gasteiger charge is 2.47. The number of aromatic nitrogens is 2. The molecule has 1 aromatic rings. The zero-order valence-electron chi connectivity index (χ0n) is 12.4. The van der Waals surface area contributed by atoms with Crippen molar-refractivity contribution in [1.82, 2.24) is 9.55 Å². The largest absolute Gasteiger partial charge is 0.463 e. The van der Waals surface area contributed by atoms with Gasteiger partial charge in [0.15, 0.2) is 12.3 Å². The quantitative estimate of drug-likeness (QED) is 0.553. The van der Waals surface area contributed by atoms with Crippen molar-refractivity contribution < 1.29 is 23.8 Å². The predicted molar refractivity (Wildman–Crippen MR) is 80.1 cm³/mol. The molecule has 1 aliphatic rings. The number of carbonyl (C=O) groups is 2. The Labute approximate surface area is 138 Å². The van der Waals surface area contributed by atoms with Gasteiger partial charge in [-0.2, -0.15) is 0 Å². The predicted octanol–water partition coefficient (Wildman–Crippen LogP) is -0.308. The zero-order chi connectivity index (χ0) is 17.1. The minimum atomic E-state index is -0.965. The molecule has 9 nitrogen and oxygen atoms in total. The molecule has 10 heteroatoms. The van der Waals surface area contributed by atoms with E-state index in [1.54, 1.807) is 0 Å². The molecular weight excluding hydrogens is 376 g/mol. The Kier molecular flexibility index (Phi) is 5.37. The van der Waals surface area contributed by atoms with Crippen LogP contribution < -0.4 is 11.2 Å². The summed E-state index contributed by atoms with van der Waals surface area (Å²) in [5, 5.41) is 0. The first-order chi connectivity index (χ1) is 10.8. The average molecular weight is 391 g/mol. The maximum absolute atomic E-state index is 11.9. The summed E-state index contributed by atoms with van der Waals surface area (Å²) in [7, 11) is 0. The van der Waals surface area contributed by atoms with E-state index in [4.69, 9.17) is 14.2 Å². The van der Waals surface area contributed by atoms with Crippen LogP contribution in [0, 0.1) is 0 Å². The van der Waals surface area contributed by atoms with Gasteiger partial charge < -0.3 is 14.2 Å². The Balaban J connectivity index is 2.30. The second-order valence-electron chi connectivity index (χ2n) is 4.90. The summed E-state index contributed by atoms with van der Waals surface area (Å²) in [4.78, 5) is 46.9. The molecular formula is C13H15BrN2O7. The molecule has 0 amide bonds. The normalized spacial score (nSPS) is 26.7. The number of hydrogen-bond acceptors (Lipinski definition) is 7. The van der Waals surface area contributed by atoms with Crippen LogP contribution in [0.4, 0.5) is 0 Å². The molecule has 23 heavy (non-hydrogen) atoms. The van der Waals surface area contributed by atoms with Crippen LogP contribution in [0.2, 0.25) is 0 Å². The van der Waals surface area contributed by atoms with Crippen LogP contribution in [0.3, 0.4) is 0 Å². The number of hydrogen-bond donors (Lipinski definition) is 1. The molecule has 1 aromatic heterocycles. The lowest BCUT2D eigenvalue weighted by Crippen LogP contribution is -2.38.